The molecule has 1 heterocycles. The van der Waals surface area contributed by atoms with Gasteiger partial charge in [0, 0.05) is 25.6 Å². The fourth-order valence-corrected chi connectivity index (χ4v) is 5.12. The third kappa shape index (κ3) is 6.68. The van der Waals surface area contributed by atoms with Gasteiger partial charge in [0.25, 0.3) is 0 Å². The molecule has 2 aromatic rings. The van der Waals surface area contributed by atoms with Gasteiger partial charge in [-0.1, -0.05) is 24.6 Å². The van der Waals surface area contributed by atoms with Crippen molar-refractivity contribution in [3.8, 4) is 11.5 Å². The van der Waals surface area contributed by atoms with Gasteiger partial charge in [0.1, 0.15) is 0 Å². The van der Waals surface area contributed by atoms with E-state index in [0.29, 0.717) is 30.8 Å². The molecule has 9 heteroatoms. The molecule has 1 saturated heterocycles. The summed E-state index contributed by atoms with van der Waals surface area (Å²) in [7, 11) is -0.724. The standard InChI is InChI=1S/C25H29NO7S/c1-31-23-18-20(10-14-24(27)32-2)8-13-22(23)33-25(28)15-9-19-6-11-21(12-7-19)34(29,30)26-16-4-3-5-17-26/h6-8,10-14,18H,3-5,9,15-17H2,1-2H3/b14-10+. The van der Waals surface area contributed by atoms with Gasteiger partial charge in [0.05, 0.1) is 19.1 Å². The molecule has 0 spiro atoms. The van der Waals surface area contributed by atoms with Crippen molar-refractivity contribution in [1.29, 1.82) is 0 Å². The van der Waals surface area contributed by atoms with Crippen LogP contribution in [0.5, 0.6) is 11.5 Å². The van der Waals surface area contributed by atoms with Crippen LogP contribution >= 0.6 is 0 Å². The number of carbonyl (C=O) groups excluding carboxylic acids is 2. The lowest BCUT2D eigenvalue weighted by Gasteiger charge is -2.25. The molecule has 0 atom stereocenters. The van der Waals surface area contributed by atoms with E-state index in [2.05, 4.69) is 4.74 Å². The molecule has 0 radical (unpaired) electrons. The number of methoxy groups -OCH3 is 2. The van der Waals surface area contributed by atoms with E-state index < -0.39 is 22.0 Å². The predicted octanol–water partition coefficient (Wildman–Crippen LogP) is 3.59. The van der Waals surface area contributed by atoms with Crippen LogP contribution in [0.3, 0.4) is 0 Å². The second kappa shape index (κ2) is 11.8. The zero-order valence-electron chi connectivity index (χ0n) is 19.4. The third-order valence-electron chi connectivity index (χ3n) is 5.52. The molecule has 0 aromatic heterocycles. The normalized spacial score (nSPS) is 14.6. The van der Waals surface area contributed by atoms with Crippen molar-refractivity contribution in [3.05, 3.63) is 59.7 Å². The number of benzene rings is 2. The highest BCUT2D eigenvalue weighted by atomic mass is 32.2. The molecular weight excluding hydrogens is 458 g/mol. The van der Waals surface area contributed by atoms with Crippen LogP contribution in [-0.4, -0.2) is 52.0 Å². The van der Waals surface area contributed by atoms with Crippen LogP contribution in [0.2, 0.25) is 0 Å². The van der Waals surface area contributed by atoms with Gasteiger partial charge < -0.3 is 14.2 Å². The van der Waals surface area contributed by atoms with E-state index in [1.807, 2.05) is 0 Å². The van der Waals surface area contributed by atoms with Gasteiger partial charge in [-0.3, -0.25) is 4.79 Å². The monoisotopic (exact) mass is 487 g/mol. The molecule has 0 unspecified atom stereocenters. The van der Waals surface area contributed by atoms with Crippen LogP contribution in [0.1, 0.15) is 36.8 Å². The maximum absolute atomic E-state index is 12.8. The largest absolute Gasteiger partial charge is 0.493 e. The lowest BCUT2D eigenvalue weighted by molar-refractivity contribution is -0.135. The molecule has 3 rings (SSSR count). The van der Waals surface area contributed by atoms with Crippen LogP contribution in [0.15, 0.2) is 53.4 Å². The molecular formula is C25H29NO7S. The molecule has 1 aliphatic heterocycles. The van der Waals surface area contributed by atoms with Crippen molar-refractivity contribution in [2.75, 3.05) is 27.3 Å². The summed E-state index contributed by atoms with van der Waals surface area (Å²) in [5.41, 5.74) is 1.52. The lowest BCUT2D eigenvalue weighted by atomic mass is 10.1. The Morgan fingerprint density at radius 3 is 2.32 bits per heavy atom. The molecule has 0 amide bonds. The van der Waals surface area contributed by atoms with E-state index in [1.54, 1.807) is 48.5 Å². The summed E-state index contributed by atoms with van der Waals surface area (Å²) in [6.45, 7) is 1.11. The highest BCUT2D eigenvalue weighted by Crippen LogP contribution is 2.29. The molecule has 0 aliphatic carbocycles. The van der Waals surface area contributed by atoms with Crippen LogP contribution in [0.4, 0.5) is 0 Å². The average Bonchev–Trinajstić information content (AvgIpc) is 2.87. The summed E-state index contributed by atoms with van der Waals surface area (Å²) in [5.74, 6) is -0.300. The number of esters is 2. The zero-order valence-corrected chi connectivity index (χ0v) is 20.2. The Morgan fingerprint density at radius 1 is 0.971 bits per heavy atom. The number of hydrogen-bond donors (Lipinski definition) is 0. The van der Waals surface area contributed by atoms with Crippen molar-refractivity contribution in [2.24, 2.45) is 0 Å². The number of aryl methyl sites for hydroxylation is 1. The number of hydrogen-bond acceptors (Lipinski definition) is 7. The maximum Gasteiger partial charge on any atom is 0.330 e. The molecule has 1 aliphatic rings. The first-order valence-electron chi connectivity index (χ1n) is 11.1. The fraction of sp³-hybridized carbons (Fsp3) is 0.360. The molecule has 1 fully saturated rings. The Balaban J connectivity index is 1.57. The van der Waals surface area contributed by atoms with Gasteiger partial charge in [-0.25, -0.2) is 13.2 Å². The second-order valence-corrected chi connectivity index (χ2v) is 9.79. The highest BCUT2D eigenvalue weighted by Gasteiger charge is 2.25. The van der Waals surface area contributed by atoms with Gasteiger partial charge in [0.15, 0.2) is 11.5 Å². The smallest absolute Gasteiger partial charge is 0.330 e. The summed E-state index contributed by atoms with van der Waals surface area (Å²) in [4.78, 5) is 23.9. The SMILES string of the molecule is COC(=O)/C=C/c1ccc(OC(=O)CCc2ccc(S(=O)(=O)N3CCCCC3)cc2)c(OC)c1. The van der Waals surface area contributed by atoms with E-state index in [0.717, 1.165) is 24.8 Å². The molecule has 0 bridgehead atoms. The minimum absolute atomic E-state index is 0.116. The fourth-order valence-electron chi connectivity index (χ4n) is 3.61. The van der Waals surface area contributed by atoms with Crippen LogP contribution < -0.4 is 9.47 Å². The highest BCUT2D eigenvalue weighted by molar-refractivity contribution is 7.89. The van der Waals surface area contributed by atoms with Crippen LogP contribution in [0.25, 0.3) is 6.08 Å². The van der Waals surface area contributed by atoms with Crippen LogP contribution in [0, 0.1) is 0 Å². The number of ether oxygens (including phenoxy) is 3. The first-order chi connectivity index (χ1) is 16.3. The number of rotatable bonds is 9. The van der Waals surface area contributed by atoms with Gasteiger partial charge in [-0.2, -0.15) is 4.31 Å². The minimum atomic E-state index is -3.48. The van der Waals surface area contributed by atoms with Gasteiger partial charge in [0.2, 0.25) is 10.0 Å². The molecule has 8 nitrogen and oxygen atoms in total. The van der Waals surface area contributed by atoms with Crippen molar-refractivity contribution in [2.45, 2.75) is 37.0 Å². The van der Waals surface area contributed by atoms with E-state index in [1.165, 1.54) is 24.6 Å². The van der Waals surface area contributed by atoms with Crippen LogP contribution in [-0.2, 0) is 30.8 Å². The number of piperidine rings is 1. The van der Waals surface area contributed by atoms with Crippen molar-refractivity contribution >= 4 is 28.0 Å². The molecule has 0 saturated carbocycles. The quantitative estimate of drug-likeness (QED) is 0.303. The zero-order chi connectivity index (χ0) is 24.6. The molecule has 182 valence electrons. The Labute approximate surface area is 200 Å². The summed E-state index contributed by atoms with van der Waals surface area (Å²) in [5, 5.41) is 0. The second-order valence-electron chi connectivity index (χ2n) is 7.85. The van der Waals surface area contributed by atoms with E-state index in [-0.39, 0.29) is 17.1 Å². The van der Waals surface area contributed by atoms with Gasteiger partial charge in [-0.15, -0.1) is 0 Å². The summed E-state index contributed by atoms with van der Waals surface area (Å²) < 4.78 is 42.3. The van der Waals surface area contributed by atoms with Crippen molar-refractivity contribution in [1.82, 2.24) is 4.31 Å². The third-order valence-corrected chi connectivity index (χ3v) is 7.43. The topological polar surface area (TPSA) is 99.2 Å². The number of carbonyl (C=O) groups is 2. The van der Waals surface area contributed by atoms with E-state index in [4.69, 9.17) is 9.47 Å². The molecule has 34 heavy (non-hydrogen) atoms. The van der Waals surface area contributed by atoms with Crippen molar-refractivity contribution < 1.29 is 32.2 Å². The first-order valence-corrected chi connectivity index (χ1v) is 12.5. The molecule has 0 N–H and O–H groups in total. The first kappa shape index (κ1) is 25.5. The number of nitrogens with zero attached hydrogens (tertiary/aromatic N) is 1. The summed E-state index contributed by atoms with van der Waals surface area (Å²) in [6, 6.07) is 11.6. The van der Waals surface area contributed by atoms with Crippen molar-refractivity contribution in [3.63, 3.8) is 0 Å². The lowest BCUT2D eigenvalue weighted by Crippen LogP contribution is -2.35. The van der Waals surface area contributed by atoms with E-state index >= 15 is 0 Å². The average molecular weight is 488 g/mol. The van der Waals surface area contributed by atoms with E-state index in [9.17, 15) is 18.0 Å². The number of sulfonamides is 1. The Kier molecular flexibility index (Phi) is 8.84. The minimum Gasteiger partial charge on any atom is -0.493 e. The Bertz CT molecular complexity index is 1130. The van der Waals surface area contributed by atoms with Gasteiger partial charge >= 0.3 is 11.9 Å². The predicted molar refractivity (Wildman–Crippen MR) is 127 cm³/mol. The Morgan fingerprint density at radius 2 is 1.68 bits per heavy atom. The van der Waals surface area contributed by atoms with Gasteiger partial charge in [-0.05, 0) is 60.7 Å². The maximum atomic E-state index is 12.8. The Hall–Kier alpha value is -3.17. The summed E-state index contributed by atoms with van der Waals surface area (Å²) in [6.07, 6.45) is 6.20. The summed E-state index contributed by atoms with van der Waals surface area (Å²) >= 11 is 0. The molecule has 2 aromatic carbocycles.